The van der Waals surface area contributed by atoms with Crippen LogP contribution in [0.25, 0.3) is 11.1 Å². The maximum Gasteiger partial charge on any atom is 0.254 e. The highest BCUT2D eigenvalue weighted by Gasteiger charge is 2.15. The third-order valence-corrected chi connectivity index (χ3v) is 2.69. The van der Waals surface area contributed by atoms with Gasteiger partial charge in [-0.15, -0.1) is 0 Å². The summed E-state index contributed by atoms with van der Waals surface area (Å²) in [6.07, 6.45) is 0. The summed E-state index contributed by atoms with van der Waals surface area (Å²) in [7, 11) is 1.35. The number of hydrogen-bond acceptors (Lipinski definition) is 1. The predicted molar refractivity (Wildman–Crippen MR) is 65.1 cm³/mol. The molecule has 0 aromatic heterocycles. The molecule has 0 fully saturated rings. The van der Waals surface area contributed by atoms with Crippen LogP contribution in [0, 0.1) is 17.5 Å². The van der Waals surface area contributed by atoms with Gasteiger partial charge in [0.1, 0.15) is 17.5 Å². The lowest BCUT2D eigenvalue weighted by Crippen LogP contribution is -2.19. The van der Waals surface area contributed by atoms with Crippen LogP contribution in [-0.2, 0) is 0 Å². The zero-order valence-electron chi connectivity index (χ0n) is 10.0. The van der Waals surface area contributed by atoms with Crippen molar-refractivity contribution in [2.75, 3.05) is 7.05 Å². The highest BCUT2D eigenvalue weighted by atomic mass is 19.1. The highest BCUT2D eigenvalue weighted by Crippen LogP contribution is 2.27. The first kappa shape index (κ1) is 13.1. The monoisotopic (exact) mass is 265 g/mol. The van der Waals surface area contributed by atoms with Gasteiger partial charge in [-0.25, -0.2) is 13.2 Å². The van der Waals surface area contributed by atoms with Gasteiger partial charge in [0.15, 0.2) is 0 Å². The Hall–Kier alpha value is -2.30. The van der Waals surface area contributed by atoms with E-state index in [4.69, 9.17) is 0 Å². The van der Waals surface area contributed by atoms with E-state index >= 15 is 0 Å². The van der Waals surface area contributed by atoms with Crippen molar-refractivity contribution in [1.29, 1.82) is 0 Å². The molecule has 19 heavy (non-hydrogen) atoms. The quantitative estimate of drug-likeness (QED) is 0.888. The summed E-state index contributed by atoms with van der Waals surface area (Å²) >= 11 is 0. The van der Waals surface area contributed by atoms with Gasteiger partial charge >= 0.3 is 0 Å². The van der Waals surface area contributed by atoms with Crippen LogP contribution in [0.4, 0.5) is 13.2 Å². The molecular formula is C14H10F3NO. The second-order valence-corrected chi connectivity index (χ2v) is 3.87. The largest absolute Gasteiger partial charge is 0.355 e. The van der Waals surface area contributed by atoms with E-state index < -0.39 is 23.4 Å². The van der Waals surface area contributed by atoms with Gasteiger partial charge in [0.05, 0.1) is 11.1 Å². The van der Waals surface area contributed by atoms with Gasteiger partial charge in [-0.1, -0.05) is 12.1 Å². The van der Waals surface area contributed by atoms with Crippen molar-refractivity contribution in [1.82, 2.24) is 5.32 Å². The molecule has 0 atom stereocenters. The minimum absolute atomic E-state index is 0.107. The SMILES string of the molecule is CNC(=O)c1cc(-c2c(F)cccc2F)ccc1F. The molecular weight excluding hydrogens is 255 g/mol. The molecule has 0 saturated heterocycles. The van der Waals surface area contributed by atoms with Crippen molar-refractivity contribution < 1.29 is 18.0 Å². The molecule has 0 unspecified atom stereocenters. The third-order valence-electron chi connectivity index (χ3n) is 2.69. The van der Waals surface area contributed by atoms with E-state index in [1.807, 2.05) is 0 Å². The molecule has 2 rings (SSSR count). The molecule has 0 radical (unpaired) electrons. The van der Waals surface area contributed by atoms with Crippen LogP contribution < -0.4 is 5.32 Å². The van der Waals surface area contributed by atoms with E-state index in [9.17, 15) is 18.0 Å². The molecule has 0 heterocycles. The van der Waals surface area contributed by atoms with Gasteiger partial charge in [-0.2, -0.15) is 0 Å². The lowest BCUT2D eigenvalue weighted by atomic mass is 10.0. The van der Waals surface area contributed by atoms with Gasteiger partial charge in [-0.3, -0.25) is 4.79 Å². The zero-order valence-corrected chi connectivity index (χ0v) is 10.0. The van der Waals surface area contributed by atoms with E-state index in [-0.39, 0.29) is 16.7 Å². The van der Waals surface area contributed by atoms with Crippen LogP contribution in [0.1, 0.15) is 10.4 Å². The molecule has 98 valence electrons. The Morgan fingerprint density at radius 1 is 1.00 bits per heavy atom. The van der Waals surface area contributed by atoms with Gasteiger partial charge in [0, 0.05) is 7.05 Å². The second kappa shape index (κ2) is 5.14. The molecule has 0 spiro atoms. The Bertz CT molecular complexity index is 620. The zero-order chi connectivity index (χ0) is 14.0. The van der Waals surface area contributed by atoms with Crippen molar-refractivity contribution in [3.05, 3.63) is 59.4 Å². The molecule has 1 N–H and O–H groups in total. The molecule has 0 bridgehead atoms. The summed E-state index contributed by atoms with van der Waals surface area (Å²) in [6.45, 7) is 0. The molecule has 2 nitrogen and oxygen atoms in total. The summed E-state index contributed by atoms with van der Waals surface area (Å²) in [4.78, 5) is 11.4. The Labute approximate surface area is 107 Å². The smallest absolute Gasteiger partial charge is 0.254 e. The van der Waals surface area contributed by atoms with Crippen molar-refractivity contribution in [2.45, 2.75) is 0 Å². The van der Waals surface area contributed by atoms with Gasteiger partial charge in [0.2, 0.25) is 0 Å². The molecule has 0 aliphatic rings. The van der Waals surface area contributed by atoms with E-state index in [0.29, 0.717) is 0 Å². The number of nitrogens with one attached hydrogen (secondary N) is 1. The van der Waals surface area contributed by atoms with Crippen molar-refractivity contribution >= 4 is 5.91 Å². The standard InChI is InChI=1S/C14H10F3NO/c1-18-14(19)9-7-8(5-6-10(9)15)13-11(16)3-2-4-12(13)17/h2-7H,1H3,(H,18,19). The Kier molecular flexibility index (Phi) is 3.55. The number of hydrogen-bond donors (Lipinski definition) is 1. The van der Waals surface area contributed by atoms with Crippen molar-refractivity contribution in [3.63, 3.8) is 0 Å². The average Bonchev–Trinajstić information content (AvgIpc) is 2.39. The number of halogens is 3. The fourth-order valence-electron chi connectivity index (χ4n) is 1.76. The van der Waals surface area contributed by atoms with E-state index in [2.05, 4.69) is 5.32 Å². The highest BCUT2D eigenvalue weighted by molar-refractivity contribution is 5.95. The summed E-state index contributed by atoms with van der Waals surface area (Å²) in [5.74, 6) is -2.94. The van der Waals surface area contributed by atoms with Crippen molar-refractivity contribution in [3.8, 4) is 11.1 Å². The molecule has 1 amide bonds. The Balaban J connectivity index is 2.61. The molecule has 2 aromatic rings. The fourth-order valence-corrected chi connectivity index (χ4v) is 1.76. The summed E-state index contributed by atoms with van der Waals surface area (Å²) in [5, 5.41) is 2.26. The summed E-state index contributed by atoms with van der Waals surface area (Å²) in [5.41, 5.74) is -0.439. The van der Waals surface area contributed by atoms with Crippen LogP contribution in [-0.4, -0.2) is 13.0 Å². The van der Waals surface area contributed by atoms with E-state index in [1.165, 1.54) is 19.2 Å². The third kappa shape index (κ3) is 2.45. The van der Waals surface area contributed by atoms with Crippen LogP contribution in [0.3, 0.4) is 0 Å². The van der Waals surface area contributed by atoms with Crippen molar-refractivity contribution in [2.24, 2.45) is 0 Å². The molecule has 0 saturated carbocycles. The lowest BCUT2D eigenvalue weighted by Gasteiger charge is -2.08. The summed E-state index contributed by atoms with van der Waals surface area (Å²) < 4.78 is 40.7. The second-order valence-electron chi connectivity index (χ2n) is 3.87. The minimum atomic E-state index is -0.769. The normalized spacial score (nSPS) is 10.3. The van der Waals surface area contributed by atoms with Gasteiger partial charge < -0.3 is 5.32 Å². The van der Waals surface area contributed by atoms with E-state index in [0.717, 1.165) is 24.3 Å². The topological polar surface area (TPSA) is 29.1 Å². The number of rotatable bonds is 2. The molecule has 5 heteroatoms. The number of carbonyl (C=O) groups excluding carboxylic acids is 1. The minimum Gasteiger partial charge on any atom is -0.355 e. The first-order valence-electron chi connectivity index (χ1n) is 5.50. The van der Waals surface area contributed by atoms with Crippen LogP contribution in [0.5, 0.6) is 0 Å². The lowest BCUT2D eigenvalue weighted by molar-refractivity contribution is 0.0959. The van der Waals surface area contributed by atoms with Crippen LogP contribution in [0.15, 0.2) is 36.4 Å². The molecule has 2 aromatic carbocycles. The number of benzene rings is 2. The first-order valence-corrected chi connectivity index (χ1v) is 5.50. The Morgan fingerprint density at radius 2 is 1.63 bits per heavy atom. The Morgan fingerprint density at radius 3 is 2.21 bits per heavy atom. The van der Waals surface area contributed by atoms with Gasteiger partial charge in [0.25, 0.3) is 5.91 Å². The number of amides is 1. The maximum atomic E-state index is 13.6. The van der Waals surface area contributed by atoms with Gasteiger partial charge in [-0.05, 0) is 29.8 Å². The average molecular weight is 265 g/mol. The molecule has 0 aliphatic carbocycles. The maximum absolute atomic E-state index is 13.6. The predicted octanol–water partition coefficient (Wildman–Crippen LogP) is 3.13. The van der Waals surface area contributed by atoms with Crippen LogP contribution in [0.2, 0.25) is 0 Å². The molecule has 0 aliphatic heterocycles. The van der Waals surface area contributed by atoms with Crippen LogP contribution >= 0.6 is 0 Å². The first-order chi connectivity index (χ1) is 9.04. The fraction of sp³-hybridized carbons (Fsp3) is 0.0714. The number of carbonyl (C=O) groups is 1. The summed E-state index contributed by atoms with van der Waals surface area (Å²) in [6, 6.07) is 6.78. The van der Waals surface area contributed by atoms with E-state index in [1.54, 1.807) is 0 Å².